The lowest BCUT2D eigenvalue weighted by Crippen LogP contribution is -2.06. The number of thiophene rings is 1. The van der Waals surface area contributed by atoms with E-state index < -0.39 is 11.6 Å². The lowest BCUT2D eigenvalue weighted by Gasteiger charge is -2.07. The second-order valence-corrected chi connectivity index (χ2v) is 5.51. The average molecular weight is 293 g/mol. The number of imidazole rings is 1. The van der Waals surface area contributed by atoms with Crippen molar-refractivity contribution in [2.75, 3.05) is 5.73 Å². The molecule has 3 aromatic rings. The van der Waals surface area contributed by atoms with E-state index in [0.29, 0.717) is 12.1 Å². The molecule has 2 N–H and O–H groups in total. The van der Waals surface area contributed by atoms with Crippen molar-refractivity contribution in [1.29, 1.82) is 0 Å². The van der Waals surface area contributed by atoms with Gasteiger partial charge in [-0.1, -0.05) is 6.92 Å². The van der Waals surface area contributed by atoms with Gasteiger partial charge in [0.15, 0.2) is 11.6 Å². The van der Waals surface area contributed by atoms with Gasteiger partial charge in [0.05, 0.1) is 12.1 Å². The van der Waals surface area contributed by atoms with Gasteiger partial charge in [-0.2, -0.15) is 0 Å². The van der Waals surface area contributed by atoms with E-state index in [0.717, 1.165) is 17.4 Å². The molecule has 0 aliphatic heterocycles. The summed E-state index contributed by atoms with van der Waals surface area (Å²) in [6.07, 6.45) is 0.891. The van der Waals surface area contributed by atoms with Crippen LogP contribution < -0.4 is 5.73 Å². The van der Waals surface area contributed by atoms with Crippen molar-refractivity contribution in [3.8, 4) is 0 Å². The van der Waals surface area contributed by atoms with Gasteiger partial charge in [0.25, 0.3) is 0 Å². The van der Waals surface area contributed by atoms with Crippen molar-refractivity contribution >= 4 is 28.3 Å². The second-order valence-electron chi connectivity index (χ2n) is 4.51. The van der Waals surface area contributed by atoms with Crippen molar-refractivity contribution in [2.45, 2.75) is 19.9 Å². The predicted octanol–water partition coefficient (Wildman–Crippen LogP) is 3.57. The lowest BCUT2D eigenvalue weighted by molar-refractivity contribution is 0.512. The first-order valence-electron chi connectivity index (χ1n) is 6.26. The zero-order valence-corrected chi connectivity index (χ0v) is 11.7. The first kappa shape index (κ1) is 13.1. The molecule has 0 fully saturated rings. The van der Waals surface area contributed by atoms with Crippen LogP contribution in [0, 0.1) is 11.6 Å². The Kier molecular flexibility index (Phi) is 3.17. The number of anilines is 1. The third-order valence-corrected chi connectivity index (χ3v) is 4.30. The van der Waals surface area contributed by atoms with Crippen molar-refractivity contribution in [2.24, 2.45) is 0 Å². The van der Waals surface area contributed by atoms with Crippen molar-refractivity contribution in [1.82, 2.24) is 9.55 Å². The van der Waals surface area contributed by atoms with Crippen LogP contribution in [0.1, 0.15) is 17.4 Å². The number of nitrogens with zero attached hydrogens (tertiary/aromatic N) is 2. The van der Waals surface area contributed by atoms with Gasteiger partial charge in [0.1, 0.15) is 5.52 Å². The van der Waals surface area contributed by atoms with E-state index in [9.17, 15) is 8.78 Å². The highest BCUT2D eigenvalue weighted by atomic mass is 32.1. The smallest absolute Gasteiger partial charge is 0.201 e. The molecule has 0 radical (unpaired) electrons. The SMILES string of the molecule is CCc1ccsc1Cn1c(N)nc2ccc(F)c(F)c21. The molecule has 0 aliphatic rings. The largest absolute Gasteiger partial charge is 0.369 e. The normalized spacial score (nSPS) is 11.3. The van der Waals surface area contributed by atoms with Crippen LogP contribution in [0.2, 0.25) is 0 Å². The number of aromatic nitrogens is 2. The maximum atomic E-state index is 14.0. The molecule has 0 amide bonds. The fraction of sp³-hybridized carbons (Fsp3) is 0.214. The average Bonchev–Trinajstić information content (AvgIpc) is 3.00. The number of nitrogens with two attached hydrogens (primary N) is 1. The maximum absolute atomic E-state index is 14.0. The Labute approximate surface area is 118 Å². The molecule has 0 saturated carbocycles. The minimum atomic E-state index is -0.902. The first-order valence-corrected chi connectivity index (χ1v) is 7.14. The van der Waals surface area contributed by atoms with Gasteiger partial charge < -0.3 is 10.3 Å². The molecule has 3 nitrogen and oxygen atoms in total. The quantitative estimate of drug-likeness (QED) is 0.802. The highest BCUT2D eigenvalue weighted by Crippen LogP contribution is 2.26. The number of hydrogen-bond donors (Lipinski definition) is 1. The maximum Gasteiger partial charge on any atom is 0.201 e. The molecule has 2 aromatic heterocycles. The van der Waals surface area contributed by atoms with Gasteiger partial charge in [-0.05, 0) is 35.6 Å². The van der Waals surface area contributed by atoms with Crippen LogP contribution in [0.15, 0.2) is 23.6 Å². The molecule has 0 atom stereocenters. The van der Waals surface area contributed by atoms with Crippen LogP contribution in [0.4, 0.5) is 14.7 Å². The molecule has 1 aromatic carbocycles. The highest BCUT2D eigenvalue weighted by molar-refractivity contribution is 7.10. The van der Waals surface area contributed by atoms with Crippen LogP contribution in [-0.2, 0) is 13.0 Å². The summed E-state index contributed by atoms with van der Waals surface area (Å²) in [6, 6.07) is 4.54. The molecule has 0 bridgehead atoms. The van der Waals surface area contributed by atoms with Gasteiger partial charge in [-0.15, -0.1) is 11.3 Å². The summed E-state index contributed by atoms with van der Waals surface area (Å²) in [5, 5.41) is 1.99. The zero-order valence-electron chi connectivity index (χ0n) is 10.9. The summed E-state index contributed by atoms with van der Waals surface area (Å²) < 4.78 is 28.9. The number of nitrogen functional groups attached to an aromatic ring is 1. The van der Waals surface area contributed by atoms with Crippen LogP contribution >= 0.6 is 11.3 Å². The monoisotopic (exact) mass is 293 g/mol. The standard InChI is InChI=1S/C14H13F2N3S/c1-2-8-5-6-20-11(8)7-19-13-10(18-14(19)17)4-3-9(15)12(13)16/h3-6H,2,7H2,1H3,(H2,17,18). The van der Waals surface area contributed by atoms with Crippen molar-refractivity contribution in [3.63, 3.8) is 0 Å². The Morgan fingerprint density at radius 1 is 1.30 bits per heavy atom. The summed E-state index contributed by atoms with van der Waals surface area (Å²) in [7, 11) is 0. The number of rotatable bonds is 3. The Balaban J connectivity index is 2.16. The molecular formula is C14H13F2N3S. The topological polar surface area (TPSA) is 43.8 Å². The molecule has 6 heteroatoms. The molecule has 20 heavy (non-hydrogen) atoms. The minimum Gasteiger partial charge on any atom is -0.369 e. The van der Waals surface area contributed by atoms with E-state index in [1.54, 1.807) is 11.3 Å². The van der Waals surface area contributed by atoms with Gasteiger partial charge in [0, 0.05) is 4.88 Å². The summed E-state index contributed by atoms with van der Waals surface area (Å²) in [4.78, 5) is 5.18. The van der Waals surface area contributed by atoms with E-state index in [2.05, 4.69) is 11.9 Å². The zero-order chi connectivity index (χ0) is 14.3. The fourth-order valence-electron chi connectivity index (χ4n) is 2.30. The Bertz CT molecular complexity index is 776. The second kappa shape index (κ2) is 4.86. The number of aryl methyl sites for hydroxylation is 1. The lowest BCUT2D eigenvalue weighted by atomic mass is 10.2. The van der Waals surface area contributed by atoms with Crippen LogP contribution in [0.25, 0.3) is 11.0 Å². The van der Waals surface area contributed by atoms with Crippen LogP contribution in [0.3, 0.4) is 0 Å². The van der Waals surface area contributed by atoms with Crippen LogP contribution in [0.5, 0.6) is 0 Å². The minimum absolute atomic E-state index is 0.123. The van der Waals surface area contributed by atoms with E-state index in [4.69, 9.17) is 5.73 Å². The third kappa shape index (κ3) is 1.96. The summed E-state index contributed by atoms with van der Waals surface area (Å²) in [6.45, 7) is 2.46. The van der Waals surface area contributed by atoms with E-state index in [1.807, 2.05) is 11.4 Å². The molecule has 0 unspecified atom stereocenters. The van der Waals surface area contributed by atoms with E-state index in [-0.39, 0.29) is 11.5 Å². The highest BCUT2D eigenvalue weighted by Gasteiger charge is 2.17. The summed E-state index contributed by atoms with van der Waals surface area (Å²) in [5.41, 5.74) is 7.53. The van der Waals surface area contributed by atoms with Crippen molar-refractivity contribution in [3.05, 3.63) is 45.7 Å². The van der Waals surface area contributed by atoms with Crippen molar-refractivity contribution < 1.29 is 8.78 Å². The molecule has 0 saturated heterocycles. The number of benzene rings is 1. The Morgan fingerprint density at radius 2 is 2.10 bits per heavy atom. The molecular weight excluding hydrogens is 280 g/mol. The summed E-state index contributed by atoms with van der Waals surface area (Å²) in [5.74, 6) is -1.60. The fourth-order valence-corrected chi connectivity index (χ4v) is 3.26. The molecule has 0 spiro atoms. The van der Waals surface area contributed by atoms with Crippen LogP contribution in [-0.4, -0.2) is 9.55 Å². The van der Waals surface area contributed by atoms with Gasteiger partial charge in [-0.3, -0.25) is 0 Å². The van der Waals surface area contributed by atoms with E-state index >= 15 is 0 Å². The molecule has 3 rings (SSSR count). The van der Waals surface area contributed by atoms with E-state index in [1.165, 1.54) is 16.2 Å². The summed E-state index contributed by atoms with van der Waals surface area (Å²) >= 11 is 1.58. The Hall–Kier alpha value is -1.95. The molecule has 2 heterocycles. The number of fused-ring (bicyclic) bond motifs is 1. The number of halogens is 2. The predicted molar refractivity (Wildman–Crippen MR) is 76.9 cm³/mol. The number of hydrogen-bond acceptors (Lipinski definition) is 3. The Morgan fingerprint density at radius 3 is 2.85 bits per heavy atom. The van der Waals surface area contributed by atoms with Gasteiger partial charge in [0.2, 0.25) is 5.95 Å². The first-order chi connectivity index (χ1) is 9.61. The third-order valence-electron chi connectivity index (χ3n) is 3.35. The van der Waals surface area contributed by atoms with Gasteiger partial charge in [-0.25, -0.2) is 13.8 Å². The van der Waals surface area contributed by atoms with Gasteiger partial charge >= 0.3 is 0 Å². The molecule has 104 valence electrons. The molecule has 0 aliphatic carbocycles.